The second-order valence-corrected chi connectivity index (χ2v) is 27.0. The third-order valence-electron chi connectivity index (χ3n) is 14.7. The lowest BCUT2D eigenvalue weighted by Gasteiger charge is -2.26. The van der Waals surface area contributed by atoms with E-state index < -0.39 is 0 Å². The van der Waals surface area contributed by atoms with Crippen molar-refractivity contribution >= 4 is 46.4 Å². The van der Waals surface area contributed by atoms with Gasteiger partial charge < -0.3 is 15.1 Å². The Morgan fingerprint density at radius 1 is 0.301 bits per heavy atom. The molecule has 0 aliphatic carbocycles. The summed E-state index contributed by atoms with van der Waals surface area (Å²) in [5.74, 6) is 0.194. The Morgan fingerprint density at radius 2 is 0.548 bits per heavy atom. The number of phenols is 1. The minimum Gasteiger partial charge on any atom is -0.508 e. The first-order valence-electron chi connectivity index (χ1n) is 26.3. The number of H-pyrrole nitrogens is 2. The van der Waals surface area contributed by atoms with Gasteiger partial charge in [-0.2, -0.15) is 0 Å². The van der Waals surface area contributed by atoms with Crippen molar-refractivity contribution in [3.05, 3.63) is 159 Å². The van der Waals surface area contributed by atoms with E-state index in [-0.39, 0.29) is 38.2 Å². The quantitative estimate of drug-likeness (QED) is 0.164. The van der Waals surface area contributed by atoms with Gasteiger partial charge in [-0.15, -0.1) is 0 Å². The van der Waals surface area contributed by atoms with Crippen LogP contribution >= 0.6 is 0 Å². The predicted molar refractivity (Wildman–Crippen MR) is 314 cm³/mol. The molecule has 0 spiro atoms. The van der Waals surface area contributed by atoms with Crippen LogP contribution in [0.3, 0.4) is 0 Å². The highest BCUT2D eigenvalue weighted by Gasteiger charge is 2.28. The molecule has 7 aromatic rings. The summed E-state index contributed by atoms with van der Waals surface area (Å²) in [6.45, 7) is 41.4. The second kappa shape index (κ2) is 17.7. The van der Waals surface area contributed by atoms with E-state index in [9.17, 15) is 5.11 Å². The van der Waals surface area contributed by atoms with E-state index >= 15 is 0 Å². The molecule has 0 fully saturated rings. The minimum atomic E-state index is -0.106. The largest absolute Gasteiger partial charge is 0.508 e. The second-order valence-electron chi connectivity index (χ2n) is 27.0. The van der Waals surface area contributed by atoms with Crippen LogP contribution in [0.25, 0.3) is 90.9 Å². The highest BCUT2D eigenvalue weighted by atomic mass is 16.3. The molecule has 4 aromatic carbocycles. The average molecular weight is 967 g/mol. The molecule has 8 bridgehead atoms. The Balaban J connectivity index is 1.53. The topological polar surface area (TPSA) is 77.6 Å². The predicted octanol–water partition coefficient (Wildman–Crippen LogP) is 18.8. The Labute approximate surface area is 436 Å². The standard InChI is InChI=1S/C68H78N4O/c1-63(2,3)44-30-41(31-45(37-44)64(4,5)6)60-53-24-22-51(69-53)59(40-20-19-21-50(73)36-40)52-23-25-54(70-52)61(42-32-46(65(7,8)9)38-47(33-42)66(10,11)12)56-27-29-58(72-56)62(57-28-26-55(60)71-57)43-34-48(67(13,14)15)39-49(35-43)68(16,17)18/h19-39,69,72-73H,1-18H3. The van der Waals surface area contributed by atoms with Crippen LogP contribution in [-0.2, 0) is 32.5 Å². The number of fused-ring (bicyclic) bond motifs is 8. The third kappa shape index (κ3) is 10.3. The molecule has 9 rings (SSSR count). The fourth-order valence-electron chi connectivity index (χ4n) is 10.00. The van der Waals surface area contributed by atoms with Gasteiger partial charge in [-0.25, -0.2) is 9.97 Å². The SMILES string of the molecule is CC(C)(C)c1cc(-c2c3nc(c(-c4cc(C(C)(C)C)cc(C(C)(C)C)c4)c4ccc([nH]4)c(-c4cc(C(C)(C)C)cc(C(C)(C)C)c4)c4nc(c(-c5cccc(O)c5)c5ccc2[nH]5)C=C4)C=C3)cc(C(C)(C)C)c1. The molecule has 0 amide bonds. The minimum absolute atomic E-state index is 0.102. The van der Waals surface area contributed by atoms with Gasteiger partial charge in [0.15, 0.2) is 0 Å². The van der Waals surface area contributed by atoms with E-state index in [1.54, 1.807) is 6.07 Å². The summed E-state index contributed by atoms with van der Waals surface area (Å²) in [5.41, 5.74) is 22.3. The van der Waals surface area contributed by atoms with Gasteiger partial charge in [-0.1, -0.05) is 191 Å². The van der Waals surface area contributed by atoms with Crippen molar-refractivity contribution in [2.24, 2.45) is 0 Å². The molecule has 0 unspecified atom stereocenters. The van der Waals surface area contributed by atoms with Crippen LogP contribution in [0.1, 0.15) is 181 Å². The molecule has 0 saturated heterocycles. The number of rotatable bonds is 4. The van der Waals surface area contributed by atoms with Crippen LogP contribution < -0.4 is 0 Å². The summed E-state index contributed by atoms with van der Waals surface area (Å²) >= 11 is 0. The van der Waals surface area contributed by atoms with Crippen molar-refractivity contribution in [2.75, 3.05) is 0 Å². The summed E-state index contributed by atoms with van der Waals surface area (Å²) in [6, 6.07) is 37.8. The van der Waals surface area contributed by atoms with Crippen molar-refractivity contribution in [1.82, 2.24) is 19.9 Å². The summed E-state index contributed by atoms with van der Waals surface area (Å²) < 4.78 is 0. The van der Waals surface area contributed by atoms with Gasteiger partial charge in [-0.05, 0) is 149 Å². The smallest absolute Gasteiger partial charge is 0.116 e. The highest BCUT2D eigenvalue weighted by Crippen LogP contribution is 2.44. The zero-order valence-electron chi connectivity index (χ0n) is 47.0. The van der Waals surface area contributed by atoms with Gasteiger partial charge in [0.05, 0.1) is 22.8 Å². The Bertz CT molecular complexity index is 3390. The maximum atomic E-state index is 11.0. The molecular weight excluding hydrogens is 889 g/mol. The lowest BCUT2D eigenvalue weighted by molar-refractivity contribution is 0.475. The fraction of sp³-hybridized carbons (Fsp3) is 0.353. The summed E-state index contributed by atoms with van der Waals surface area (Å²) in [4.78, 5) is 19.4. The third-order valence-corrected chi connectivity index (χ3v) is 14.7. The highest BCUT2D eigenvalue weighted by molar-refractivity contribution is 6.00. The lowest BCUT2D eigenvalue weighted by atomic mass is 9.78. The number of nitrogens with one attached hydrogen (secondary N) is 2. The zero-order chi connectivity index (χ0) is 53.0. The fourth-order valence-corrected chi connectivity index (χ4v) is 10.00. The van der Waals surface area contributed by atoms with Crippen molar-refractivity contribution in [2.45, 2.75) is 157 Å². The van der Waals surface area contributed by atoms with Crippen molar-refractivity contribution in [1.29, 1.82) is 0 Å². The van der Waals surface area contributed by atoms with E-state index in [4.69, 9.17) is 9.97 Å². The molecule has 0 radical (unpaired) electrons. The van der Waals surface area contributed by atoms with Crippen LogP contribution in [0.15, 0.2) is 103 Å². The summed E-state index contributed by atoms with van der Waals surface area (Å²) in [7, 11) is 0. The maximum Gasteiger partial charge on any atom is 0.116 e. The van der Waals surface area contributed by atoms with E-state index in [2.05, 4.69) is 244 Å². The van der Waals surface area contributed by atoms with Gasteiger partial charge in [-0.3, -0.25) is 0 Å². The zero-order valence-corrected chi connectivity index (χ0v) is 47.0. The Morgan fingerprint density at radius 3 is 0.781 bits per heavy atom. The van der Waals surface area contributed by atoms with Crippen LogP contribution in [-0.4, -0.2) is 25.0 Å². The molecule has 5 heteroatoms. The summed E-state index contributed by atoms with van der Waals surface area (Å²) in [5, 5.41) is 11.0. The summed E-state index contributed by atoms with van der Waals surface area (Å²) in [6.07, 6.45) is 8.72. The number of aromatic hydroxyl groups is 1. The van der Waals surface area contributed by atoms with Crippen LogP contribution in [0.4, 0.5) is 0 Å². The molecule has 2 aliphatic rings. The van der Waals surface area contributed by atoms with Gasteiger partial charge in [0.25, 0.3) is 0 Å². The van der Waals surface area contributed by atoms with Crippen molar-refractivity contribution in [3.8, 4) is 50.3 Å². The molecule has 5 heterocycles. The van der Waals surface area contributed by atoms with Gasteiger partial charge in [0.1, 0.15) is 5.75 Å². The number of aromatic amines is 2. The molecule has 0 saturated carbocycles. The van der Waals surface area contributed by atoms with Crippen molar-refractivity contribution in [3.63, 3.8) is 0 Å². The molecule has 3 N–H and O–H groups in total. The van der Waals surface area contributed by atoms with Gasteiger partial charge >= 0.3 is 0 Å². The number of hydrogen-bond donors (Lipinski definition) is 3. The van der Waals surface area contributed by atoms with Crippen LogP contribution in [0.5, 0.6) is 5.75 Å². The van der Waals surface area contributed by atoms with Gasteiger partial charge in [0, 0.05) is 44.3 Å². The first-order valence-corrected chi connectivity index (χ1v) is 26.3. The molecule has 0 atom stereocenters. The average Bonchev–Trinajstić information content (AvgIpc) is 4.13. The number of nitrogens with zero attached hydrogens (tertiary/aromatic N) is 2. The number of hydrogen-bond acceptors (Lipinski definition) is 3. The van der Waals surface area contributed by atoms with E-state index in [1.165, 1.54) is 33.4 Å². The molecule has 5 nitrogen and oxygen atoms in total. The monoisotopic (exact) mass is 967 g/mol. The Kier molecular flexibility index (Phi) is 12.4. The van der Waals surface area contributed by atoms with Crippen molar-refractivity contribution < 1.29 is 5.11 Å². The van der Waals surface area contributed by atoms with E-state index in [1.807, 2.05) is 12.1 Å². The number of phenolic OH excluding ortho intramolecular Hbond substituents is 1. The lowest BCUT2D eigenvalue weighted by Crippen LogP contribution is -2.16. The number of benzene rings is 4. The first-order chi connectivity index (χ1) is 33.8. The molecule has 73 heavy (non-hydrogen) atoms. The van der Waals surface area contributed by atoms with Crippen LogP contribution in [0, 0.1) is 0 Å². The van der Waals surface area contributed by atoms with Crippen LogP contribution in [0.2, 0.25) is 0 Å². The maximum absolute atomic E-state index is 11.0. The van der Waals surface area contributed by atoms with Gasteiger partial charge in [0.2, 0.25) is 0 Å². The molecular formula is C68H78N4O. The van der Waals surface area contributed by atoms with E-state index in [0.717, 1.165) is 89.4 Å². The molecule has 3 aromatic heterocycles. The first kappa shape index (κ1) is 51.2. The Hall–Kier alpha value is -6.72. The number of aromatic nitrogens is 4. The molecule has 376 valence electrons. The van der Waals surface area contributed by atoms with E-state index in [0.29, 0.717) is 0 Å². The normalized spacial score (nSPS) is 13.6. The molecule has 2 aliphatic heterocycles.